The molecular weight excluding hydrogens is 635 g/mol. The Morgan fingerprint density at radius 1 is 0.978 bits per heavy atom. The zero-order valence-corrected chi connectivity index (χ0v) is 24.2. The number of rotatable bonds is 8. The van der Waals surface area contributed by atoms with Gasteiger partial charge in [0.1, 0.15) is 16.3 Å². The minimum absolute atomic E-state index is 0.0198. The highest BCUT2D eigenvalue weighted by atomic mass is 32.2. The molecule has 1 fully saturated rings. The van der Waals surface area contributed by atoms with Gasteiger partial charge in [0.2, 0.25) is 0 Å². The maximum atomic E-state index is 14.3. The van der Waals surface area contributed by atoms with Gasteiger partial charge in [-0.1, -0.05) is 30.3 Å². The van der Waals surface area contributed by atoms with E-state index in [-0.39, 0.29) is 42.0 Å². The van der Waals surface area contributed by atoms with Crippen molar-refractivity contribution in [3.63, 3.8) is 0 Å². The fraction of sp³-hybridized carbons (Fsp3) is 0.367. The standard InChI is InChI=1S/C30H26F7NO6S/c1-44-21-8-2-17(3-9-21)15-38(26(39)40)16-25-24-12-4-18-14-19(28(41,29(32,33)34)30(35,36)37)5-13-23(18)27(24,25)45(42,43)22-10-6-20(31)7-11-22/h2-3,5-11,13-14,24-25,41H,4,12,15-16H2,1H3,(H,39,40). The van der Waals surface area contributed by atoms with Crippen molar-refractivity contribution in [2.24, 2.45) is 11.8 Å². The molecule has 1 saturated carbocycles. The van der Waals surface area contributed by atoms with Gasteiger partial charge < -0.3 is 19.8 Å². The van der Waals surface area contributed by atoms with Crippen LogP contribution >= 0.6 is 0 Å². The van der Waals surface area contributed by atoms with E-state index < -0.39 is 61.8 Å². The summed E-state index contributed by atoms with van der Waals surface area (Å²) in [6.45, 7) is -0.506. The molecule has 2 aliphatic carbocycles. The van der Waals surface area contributed by atoms with Gasteiger partial charge in [0.25, 0.3) is 5.60 Å². The number of hydrogen-bond donors (Lipinski definition) is 2. The van der Waals surface area contributed by atoms with Crippen LogP contribution in [0.15, 0.2) is 71.6 Å². The van der Waals surface area contributed by atoms with Gasteiger partial charge in [-0.15, -0.1) is 0 Å². The van der Waals surface area contributed by atoms with Gasteiger partial charge in [0.15, 0.2) is 9.84 Å². The summed E-state index contributed by atoms with van der Waals surface area (Å²) in [6.07, 6.45) is -13.9. The number of carbonyl (C=O) groups is 1. The molecule has 5 rings (SSSR count). The minimum atomic E-state index is -6.15. The van der Waals surface area contributed by atoms with Gasteiger partial charge in [0.05, 0.1) is 12.0 Å². The van der Waals surface area contributed by atoms with E-state index in [0.717, 1.165) is 35.2 Å². The Morgan fingerprint density at radius 2 is 1.58 bits per heavy atom. The van der Waals surface area contributed by atoms with Crippen molar-refractivity contribution in [2.75, 3.05) is 13.7 Å². The van der Waals surface area contributed by atoms with Crippen LogP contribution in [-0.4, -0.2) is 55.6 Å². The first kappa shape index (κ1) is 32.5. The fourth-order valence-electron chi connectivity index (χ4n) is 6.54. The molecule has 0 heterocycles. The summed E-state index contributed by atoms with van der Waals surface area (Å²) < 4.78 is 127. The lowest BCUT2D eigenvalue weighted by atomic mass is 9.84. The maximum Gasteiger partial charge on any atom is 0.430 e. The quantitative estimate of drug-likeness (QED) is 0.221. The Kier molecular flexibility index (Phi) is 7.88. The van der Waals surface area contributed by atoms with Crippen LogP contribution in [0.4, 0.5) is 35.5 Å². The smallest absolute Gasteiger partial charge is 0.430 e. The average molecular weight is 662 g/mol. The van der Waals surface area contributed by atoms with E-state index in [0.29, 0.717) is 23.4 Å². The first-order valence-electron chi connectivity index (χ1n) is 13.5. The average Bonchev–Trinajstić information content (AvgIpc) is 3.64. The van der Waals surface area contributed by atoms with E-state index in [4.69, 9.17) is 4.74 Å². The van der Waals surface area contributed by atoms with E-state index in [2.05, 4.69) is 0 Å². The second kappa shape index (κ2) is 10.9. The van der Waals surface area contributed by atoms with Crippen molar-refractivity contribution in [2.45, 2.75) is 47.0 Å². The molecule has 0 radical (unpaired) electrons. The number of amides is 1. The van der Waals surface area contributed by atoms with Gasteiger partial charge in [-0.2, -0.15) is 26.3 Å². The zero-order chi connectivity index (χ0) is 33.2. The number of fused-ring (bicyclic) bond motifs is 3. The molecule has 242 valence electrons. The van der Waals surface area contributed by atoms with Crippen LogP contribution in [0.5, 0.6) is 5.75 Å². The number of aliphatic hydroxyl groups is 1. The molecule has 2 N–H and O–H groups in total. The van der Waals surface area contributed by atoms with E-state index >= 15 is 0 Å². The molecule has 2 aliphatic rings. The molecule has 1 amide bonds. The second-order valence-electron chi connectivity index (χ2n) is 11.1. The van der Waals surface area contributed by atoms with Gasteiger partial charge in [-0.25, -0.2) is 17.6 Å². The number of halogens is 7. The van der Waals surface area contributed by atoms with Crippen molar-refractivity contribution in [1.82, 2.24) is 4.90 Å². The zero-order valence-electron chi connectivity index (χ0n) is 23.4. The largest absolute Gasteiger partial charge is 0.497 e. The number of aryl methyl sites for hydroxylation is 1. The van der Waals surface area contributed by atoms with Gasteiger partial charge in [-0.05, 0) is 71.8 Å². The van der Waals surface area contributed by atoms with Crippen molar-refractivity contribution < 1.29 is 58.9 Å². The normalized spacial score (nSPS) is 21.4. The minimum Gasteiger partial charge on any atom is -0.497 e. The van der Waals surface area contributed by atoms with Crippen molar-refractivity contribution in [3.05, 3.63) is 94.8 Å². The van der Waals surface area contributed by atoms with Crippen LogP contribution in [0.3, 0.4) is 0 Å². The molecular formula is C30H26F7NO6S. The van der Waals surface area contributed by atoms with Gasteiger partial charge in [0, 0.05) is 24.6 Å². The number of hydrogen-bond acceptors (Lipinski definition) is 5. The predicted molar refractivity (Wildman–Crippen MR) is 144 cm³/mol. The van der Waals surface area contributed by atoms with Crippen LogP contribution in [0.25, 0.3) is 0 Å². The summed E-state index contributed by atoms with van der Waals surface area (Å²) in [4.78, 5) is 12.9. The van der Waals surface area contributed by atoms with Crippen molar-refractivity contribution in [1.29, 1.82) is 0 Å². The summed E-state index contributed by atoms with van der Waals surface area (Å²) in [5.41, 5.74) is -6.48. The molecule has 0 aliphatic heterocycles. The number of benzene rings is 3. The number of carboxylic acid groups (broad SMARTS) is 1. The molecule has 3 atom stereocenters. The lowest BCUT2D eigenvalue weighted by molar-refractivity contribution is -0.376. The third-order valence-electron chi connectivity index (χ3n) is 8.76. The molecule has 0 bridgehead atoms. The van der Waals surface area contributed by atoms with Crippen LogP contribution in [0.2, 0.25) is 0 Å². The van der Waals surface area contributed by atoms with Crippen LogP contribution in [-0.2, 0) is 33.2 Å². The van der Waals surface area contributed by atoms with Crippen LogP contribution in [0.1, 0.15) is 28.7 Å². The SMILES string of the molecule is COc1ccc(CN(CC2C3CCc4cc(C(O)(C(F)(F)F)C(F)(F)F)ccc4C32S(=O)(=O)c2ccc(F)cc2)C(=O)O)cc1. The summed E-state index contributed by atoms with van der Waals surface area (Å²) >= 11 is 0. The number of sulfone groups is 1. The molecule has 45 heavy (non-hydrogen) atoms. The van der Waals surface area contributed by atoms with E-state index in [9.17, 15) is 54.2 Å². The number of alkyl halides is 6. The Labute approximate surface area is 252 Å². The Morgan fingerprint density at radius 3 is 2.11 bits per heavy atom. The molecule has 3 aromatic carbocycles. The van der Waals surface area contributed by atoms with Crippen LogP contribution in [0, 0.1) is 17.7 Å². The van der Waals surface area contributed by atoms with Crippen molar-refractivity contribution >= 4 is 15.9 Å². The summed E-state index contributed by atoms with van der Waals surface area (Å²) in [6, 6.07) is 11.9. The monoisotopic (exact) mass is 661 g/mol. The van der Waals surface area contributed by atoms with Crippen LogP contribution < -0.4 is 4.74 Å². The lowest BCUT2D eigenvalue weighted by Crippen LogP contribution is -2.54. The topological polar surface area (TPSA) is 104 Å². The van der Waals surface area contributed by atoms with Gasteiger partial charge in [-0.3, -0.25) is 0 Å². The Balaban J connectivity index is 1.62. The number of ether oxygens (including phenoxy) is 1. The first-order valence-corrected chi connectivity index (χ1v) is 15.0. The molecule has 3 unspecified atom stereocenters. The van der Waals surface area contributed by atoms with E-state index in [1.807, 2.05) is 0 Å². The molecule has 3 aromatic rings. The molecule has 15 heteroatoms. The predicted octanol–water partition coefficient (Wildman–Crippen LogP) is 6.19. The third kappa shape index (κ3) is 5.09. The highest BCUT2D eigenvalue weighted by molar-refractivity contribution is 7.92. The van der Waals surface area contributed by atoms with Gasteiger partial charge >= 0.3 is 18.4 Å². The highest BCUT2D eigenvalue weighted by Gasteiger charge is 2.75. The third-order valence-corrected chi connectivity index (χ3v) is 11.4. The number of methoxy groups -OCH3 is 1. The second-order valence-corrected chi connectivity index (χ2v) is 13.2. The summed E-state index contributed by atoms with van der Waals surface area (Å²) in [7, 11) is -3.09. The Bertz CT molecular complexity index is 1690. The lowest BCUT2D eigenvalue weighted by Gasteiger charge is -2.34. The highest BCUT2D eigenvalue weighted by Crippen LogP contribution is 2.69. The molecule has 0 spiro atoms. The molecule has 7 nitrogen and oxygen atoms in total. The van der Waals surface area contributed by atoms with E-state index in [1.54, 1.807) is 24.3 Å². The summed E-state index contributed by atoms with van der Waals surface area (Å²) in [5, 5.41) is 20.0. The van der Waals surface area contributed by atoms with Crippen molar-refractivity contribution in [3.8, 4) is 5.75 Å². The molecule has 0 aromatic heterocycles. The number of nitrogens with zero attached hydrogens (tertiary/aromatic N) is 1. The molecule has 0 saturated heterocycles. The van der Waals surface area contributed by atoms with E-state index in [1.165, 1.54) is 7.11 Å². The first-order chi connectivity index (χ1) is 20.9. The maximum absolute atomic E-state index is 14.3. The Hall–Kier alpha value is -3.85. The fourth-order valence-corrected chi connectivity index (χ4v) is 9.17. The summed E-state index contributed by atoms with van der Waals surface area (Å²) in [5.74, 6) is -1.97.